The third-order valence-corrected chi connectivity index (χ3v) is 7.54. The van der Waals surface area contributed by atoms with Crippen LogP contribution in [-0.2, 0) is 14.3 Å². The van der Waals surface area contributed by atoms with E-state index in [1.54, 1.807) is 0 Å². The van der Waals surface area contributed by atoms with Crippen molar-refractivity contribution in [2.24, 2.45) is 23.7 Å². The summed E-state index contributed by atoms with van der Waals surface area (Å²) in [6, 6.07) is 17.2. The number of ether oxygens (including phenoxy) is 1. The van der Waals surface area contributed by atoms with Gasteiger partial charge in [-0.15, -0.1) is 0 Å². The number of rotatable bonds is 7. The van der Waals surface area contributed by atoms with Gasteiger partial charge in [-0.2, -0.15) is 0 Å². The molecule has 0 aliphatic heterocycles. The zero-order chi connectivity index (χ0) is 34.5. The Morgan fingerprint density at radius 1 is 0.977 bits per heavy atom. The molecular weight excluding hydrogens is 545 g/mol. The molecule has 1 fully saturated rings. The van der Waals surface area contributed by atoms with Crippen LogP contribution in [0.1, 0.15) is 112 Å². The summed E-state index contributed by atoms with van der Waals surface area (Å²) in [7, 11) is 4.50. The highest BCUT2D eigenvalue weighted by molar-refractivity contribution is 6.05. The predicted molar refractivity (Wildman–Crippen MR) is 191 cm³/mol. The first-order valence-electron chi connectivity index (χ1n) is 16.6. The van der Waals surface area contributed by atoms with E-state index in [1.165, 1.54) is 61.4 Å². The third kappa shape index (κ3) is 15.3. The van der Waals surface area contributed by atoms with Crippen LogP contribution >= 0.6 is 0 Å². The number of hydrogen-bond donors (Lipinski definition) is 1. The minimum Gasteiger partial charge on any atom is -0.483 e. The first-order valence-corrected chi connectivity index (χ1v) is 16.6. The van der Waals surface area contributed by atoms with E-state index in [1.807, 2.05) is 27.7 Å². The van der Waals surface area contributed by atoms with Crippen molar-refractivity contribution in [3.05, 3.63) is 59.7 Å². The summed E-state index contributed by atoms with van der Waals surface area (Å²) in [6.07, 6.45) is 6.26. The third-order valence-electron chi connectivity index (χ3n) is 7.54. The van der Waals surface area contributed by atoms with Crippen molar-refractivity contribution in [2.45, 2.75) is 134 Å². The van der Waals surface area contributed by atoms with Crippen molar-refractivity contribution in [1.82, 2.24) is 0 Å². The number of aryl methyl sites for hydroxylation is 2. The van der Waals surface area contributed by atoms with Gasteiger partial charge in [-0.1, -0.05) is 105 Å². The van der Waals surface area contributed by atoms with Crippen molar-refractivity contribution < 1.29 is 19.4 Å². The summed E-state index contributed by atoms with van der Waals surface area (Å²) in [5.74, 6) is 1.83. The zero-order valence-corrected chi connectivity index (χ0v) is 30.3. The Hall–Kier alpha value is -2.76. The molecule has 0 bridgehead atoms. The Kier molecular flexibility index (Phi) is 23.3. The molecule has 6 heteroatoms. The molecule has 0 amide bonds. The zero-order valence-electron chi connectivity index (χ0n) is 30.3. The molecule has 2 aromatic rings. The molecule has 1 saturated carbocycles. The van der Waals surface area contributed by atoms with E-state index in [0.717, 1.165) is 5.92 Å². The van der Waals surface area contributed by atoms with E-state index in [0.29, 0.717) is 11.8 Å². The number of esters is 1. The van der Waals surface area contributed by atoms with Crippen molar-refractivity contribution in [1.29, 1.82) is 0 Å². The number of anilines is 2. The van der Waals surface area contributed by atoms with Crippen LogP contribution < -0.4 is 4.90 Å². The van der Waals surface area contributed by atoms with Crippen LogP contribution in [0.4, 0.5) is 11.4 Å². The van der Waals surface area contributed by atoms with E-state index in [2.05, 4.69) is 117 Å². The van der Waals surface area contributed by atoms with Gasteiger partial charge >= 0.3 is 5.97 Å². The van der Waals surface area contributed by atoms with Crippen LogP contribution in [0.15, 0.2) is 48.5 Å². The smallest absolute Gasteiger partial charge is 0.308 e. The molecule has 2 aromatic carbocycles. The van der Waals surface area contributed by atoms with Gasteiger partial charge in [0.1, 0.15) is 6.10 Å². The number of carboxylic acid groups (broad SMARTS) is 1. The van der Waals surface area contributed by atoms with E-state index in [4.69, 9.17) is 14.6 Å². The molecule has 4 atom stereocenters. The second-order valence-corrected chi connectivity index (χ2v) is 12.7. The Labute approximate surface area is 272 Å². The highest BCUT2D eigenvalue weighted by atomic mass is 16.5. The Morgan fingerprint density at radius 3 is 1.77 bits per heavy atom. The predicted octanol–water partition coefficient (Wildman–Crippen LogP) is 10.6. The monoisotopic (exact) mass is 609 g/mol. The van der Waals surface area contributed by atoms with E-state index in [-0.39, 0.29) is 30.0 Å². The molecule has 0 saturated heterocycles. The highest BCUT2D eigenvalue weighted by Gasteiger charge is 2.36. The fourth-order valence-corrected chi connectivity index (χ4v) is 5.69. The molecular formula is C38H64BNO4. The van der Waals surface area contributed by atoms with Crippen LogP contribution in [0.2, 0.25) is 6.82 Å². The summed E-state index contributed by atoms with van der Waals surface area (Å²) in [5, 5.41) is 6.89. The average molecular weight is 610 g/mol. The molecule has 1 aliphatic carbocycles. The fourth-order valence-electron chi connectivity index (χ4n) is 5.69. The SMILES string of the molecule is CC.CCCCC1CC(C)CC(C)C1OC(=O)C(C)C.Cc1ccccc1N(c1ccccc1C)C(C)(C)C.O=CO.[B]C. The molecule has 0 spiro atoms. The topological polar surface area (TPSA) is 66.8 Å². The normalized spacial score (nSPS) is 18.8. The average Bonchev–Trinajstić information content (AvgIpc) is 2.97. The molecule has 44 heavy (non-hydrogen) atoms. The maximum Gasteiger partial charge on any atom is 0.308 e. The molecule has 4 unspecified atom stereocenters. The molecule has 1 N–H and O–H groups in total. The Morgan fingerprint density at radius 2 is 1.41 bits per heavy atom. The second kappa shape index (κ2) is 23.6. The van der Waals surface area contributed by atoms with Gasteiger partial charge in [0.15, 0.2) is 0 Å². The van der Waals surface area contributed by atoms with Crippen molar-refractivity contribution in [2.75, 3.05) is 4.90 Å². The Bertz CT molecular complexity index is 988. The second-order valence-electron chi connectivity index (χ2n) is 12.7. The minimum absolute atomic E-state index is 0.0108. The lowest BCUT2D eigenvalue weighted by atomic mass is 9.72. The molecule has 0 heterocycles. The van der Waals surface area contributed by atoms with Crippen molar-refractivity contribution in [3.63, 3.8) is 0 Å². The lowest BCUT2D eigenvalue weighted by Gasteiger charge is -2.39. The van der Waals surface area contributed by atoms with Gasteiger partial charge in [-0.25, -0.2) is 0 Å². The Balaban J connectivity index is 0. The van der Waals surface area contributed by atoms with E-state index < -0.39 is 0 Å². The van der Waals surface area contributed by atoms with Gasteiger partial charge < -0.3 is 14.7 Å². The summed E-state index contributed by atoms with van der Waals surface area (Å²) in [5.41, 5.74) is 5.22. The number of hydrogen-bond acceptors (Lipinski definition) is 4. The summed E-state index contributed by atoms with van der Waals surface area (Å²) in [6.45, 7) is 27.0. The molecule has 0 aromatic heterocycles. The van der Waals surface area contributed by atoms with Crippen molar-refractivity contribution >= 4 is 31.7 Å². The van der Waals surface area contributed by atoms with E-state index >= 15 is 0 Å². The largest absolute Gasteiger partial charge is 0.483 e. The summed E-state index contributed by atoms with van der Waals surface area (Å²) >= 11 is 0. The first kappa shape index (κ1) is 43.4. The molecule has 2 radical (unpaired) electrons. The first-order chi connectivity index (χ1) is 20.8. The summed E-state index contributed by atoms with van der Waals surface area (Å²) in [4.78, 5) is 22.6. The van der Waals surface area contributed by atoms with Gasteiger partial charge in [0.2, 0.25) is 0 Å². The number of carbonyl (C=O) groups excluding carboxylic acids is 1. The maximum absolute atomic E-state index is 11.8. The highest BCUT2D eigenvalue weighted by Crippen LogP contribution is 2.38. The van der Waals surface area contributed by atoms with E-state index in [9.17, 15) is 4.79 Å². The van der Waals surface area contributed by atoms with Gasteiger partial charge in [-0.3, -0.25) is 9.59 Å². The van der Waals surface area contributed by atoms with Crippen LogP contribution in [0, 0.1) is 37.5 Å². The molecule has 5 nitrogen and oxygen atoms in total. The van der Waals surface area contributed by atoms with Crippen LogP contribution in [0.5, 0.6) is 0 Å². The van der Waals surface area contributed by atoms with Crippen molar-refractivity contribution in [3.8, 4) is 0 Å². The fraction of sp³-hybridized carbons (Fsp3) is 0.632. The lowest BCUT2D eigenvalue weighted by molar-refractivity contribution is -0.162. The number of carbonyl (C=O) groups is 2. The quantitative estimate of drug-likeness (QED) is 0.192. The van der Waals surface area contributed by atoms with Crippen LogP contribution in [0.25, 0.3) is 0 Å². The molecule has 1 aliphatic rings. The minimum atomic E-state index is -0.250. The summed E-state index contributed by atoms with van der Waals surface area (Å²) < 4.78 is 5.78. The van der Waals surface area contributed by atoms with Gasteiger partial charge in [0, 0.05) is 16.9 Å². The number of para-hydroxylation sites is 2. The standard InChI is InChI=1S/C18H23N.C16H30O2.C2H6.CH3B.CH2O2/c1-14-10-6-8-12-16(14)19(18(3,4)5)17-13-9-7-11-15(17)2;1-6-7-8-14-10-12(4)9-13(5)15(14)18-16(17)11(2)3;2*1-2;2-1-3/h6-13H,1-5H3;11-15H,6-10H2,1-5H3;1-2H3;1H3;1H,(H,2,3). The lowest BCUT2D eigenvalue weighted by Crippen LogP contribution is -2.39. The number of nitrogens with zero attached hydrogens (tertiary/aromatic N) is 1. The van der Waals surface area contributed by atoms with Gasteiger partial charge in [-0.05, 0) is 94.9 Å². The van der Waals surface area contributed by atoms with Crippen LogP contribution in [-0.4, -0.2) is 37.0 Å². The maximum atomic E-state index is 11.8. The molecule has 3 rings (SSSR count). The number of benzene rings is 2. The van der Waals surface area contributed by atoms with Gasteiger partial charge in [0.05, 0.1) is 13.8 Å². The molecule has 248 valence electrons. The number of unbranched alkanes of at least 4 members (excludes halogenated alkanes) is 1. The van der Waals surface area contributed by atoms with Crippen LogP contribution in [0.3, 0.4) is 0 Å². The van der Waals surface area contributed by atoms with Gasteiger partial charge in [0.25, 0.3) is 6.47 Å².